The molecular formula is C30H36N+. The first-order valence-corrected chi connectivity index (χ1v) is 12.9. The zero-order chi connectivity index (χ0) is 21.1. The minimum atomic E-state index is 0.0982. The molecule has 0 saturated heterocycles. The molecule has 1 heteroatoms. The molecule has 1 nitrogen and oxygen atoms in total. The summed E-state index contributed by atoms with van der Waals surface area (Å²) in [5.41, 5.74) is 6.87. The summed E-state index contributed by atoms with van der Waals surface area (Å²) in [6.45, 7) is 9.92. The summed E-state index contributed by atoms with van der Waals surface area (Å²) in [5, 5.41) is 4.56. The molecule has 8 rings (SSSR count). The summed E-state index contributed by atoms with van der Waals surface area (Å²) in [6, 6.07) is 12.0. The summed E-state index contributed by atoms with van der Waals surface area (Å²) >= 11 is 0. The van der Waals surface area contributed by atoms with E-state index in [0.29, 0.717) is 0 Å². The minimum absolute atomic E-state index is 0.0982. The zero-order valence-electron chi connectivity index (χ0n) is 19.7. The average molecular weight is 411 g/mol. The Hall–Kier alpha value is -1.89. The fourth-order valence-electron chi connectivity index (χ4n) is 8.91. The molecule has 2 saturated carbocycles. The van der Waals surface area contributed by atoms with Crippen molar-refractivity contribution in [2.75, 3.05) is 0 Å². The molecule has 0 N–H and O–H groups in total. The van der Waals surface area contributed by atoms with Gasteiger partial charge in [-0.3, -0.25) is 0 Å². The third kappa shape index (κ3) is 2.07. The van der Waals surface area contributed by atoms with Crippen molar-refractivity contribution in [1.82, 2.24) is 0 Å². The number of hydrogen-bond acceptors (Lipinski definition) is 0. The molecule has 2 heterocycles. The van der Waals surface area contributed by atoms with Crippen molar-refractivity contribution in [3.05, 3.63) is 53.2 Å². The van der Waals surface area contributed by atoms with Crippen molar-refractivity contribution in [3.63, 3.8) is 0 Å². The summed E-state index contributed by atoms with van der Waals surface area (Å²) in [7, 11) is 0. The van der Waals surface area contributed by atoms with Gasteiger partial charge in [0.25, 0.3) is 0 Å². The molecule has 5 aliphatic rings. The predicted molar refractivity (Wildman–Crippen MR) is 129 cm³/mol. The van der Waals surface area contributed by atoms with Gasteiger partial charge in [-0.2, -0.15) is 4.57 Å². The molecule has 4 unspecified atom stereocenters. The van der Waals surface area contributed by atoms with Gasteiger partial charge in [0.1, 0.15) is 0 Å². The number of aromatic nitrogens is 1. The van der Waals surface area contributed by atoms with Crippen LogP contribution in [0.1, 0.15) is 101 Å². The van der Waals surface area contributed by atoms with Crippen LogP contribution in [0.25, 0.3) is 21.7 Å². The molecule has 4 bridgehead atoms. The number of benzene rings is 2. The first kappa shape index (κ1) is 18.7. The van der Waals surface area contributed by atoms with Crippen LogP contribution < -0.4 is 4.57 Å². The number of pyridine rings is 1. The van der Waals surface area contributed by atoms with Crippen LogP contribution in [0.4, 0.5) is 0 Å². The SMILES string of the molecule is CCC1(C)c2cccc3ccc4c5c(c[n+](c4c23)C1(C)CC)C1CC2CC(C1)CC5C2. The molecule has 31 heavy (non-hydrogen) atoms. The van der Waals surface area contributed by atoms with Crippen LogP contribution in [0.3, 0.4) is 0 Å². The van der Waals surface area contributed by atoms with Gasteiger partial charge in [0.2, 0.25) is 5.52 Å². The summed E-state index contributed by atoms with van der Waals surface area (Å²) in [5.74, 6) is 3.52. The van der Waals surface area contributed by atoms with Crippen molar-refractivity contribution in [3.8, 4) is 0 Å². The number of hydrogen-bond donors (Lipinski definition) is 0. The highest BCUT2D eigenvalue weighted by atomic mass is 15.1. The van der Waals surface area contributed by atoms with E-state index in [2.05, 4.69) is 68.8 Å². The lowest BCUT2D eigenvalue weighted by Crippen LogP contribution is -2.66. The third-order valence-electron chi connectivity index (χ3n) is 10.8. The largest absolute Gasteiger partial charge is 0.221 e. The molecule has 160 valence electrons. The van der Waals surface area contributed by atoms with Crippen molar-refractivity contribution in [2.24, 2.45) is 11.8 Å². The summed E-state index contributed by atoms with van der Waals surface area (Å²) < 4.78 is 2.80. The molecule has 4 aliphatic carbocycles. The lowest BCUT2D eigenvalue weighted by molar-refractivity contribution is -0.751. The van der Waals surface area contributed by atoms with Crippen LogP contribution in [0.2, 0.25) is 0 Å². The van der Waals surface area contributed by atoms with Gasteiger partial charge in [-0.15, -0.1) is 0 Å². The fourth-order valence-corrected chi connectivity index (χ4v) is 8.91. The zero-order valence-corrected chi connectivity index (χ0v) is 19.7. The fraction of sp³-hybridized carbons (Fsp3) is 0.567. The van der Waals surface area contributed by atoms with Gasteiger partial charge in [0.15, 0.2) is 11.7 Å². The maximum atomic E-state index is 2.80. The number of nitrogens with zero attached hydrogens (tertiary/aromatic N) is 1. The van der Waals surface area contributed by atoms with Crippen molar-refractivity contribution >= 4 is 21.7 Å². The van der Waals surface area contributed by atoms with Gasteiger partial charge in [0, 0.05) is 18.9 Å². The van der Waals surface area contributed by atoms with Crippen LogP contribution in [-0.2, 0) is 11.0 Å². The van der Waals surface area contributed by atoms with Crippen LogP contribution in [0, 0.1) is 11.8 Å². The standard InChI is InChI=1S/C30H36N/c1-5-29(3)25-9-7-8-20-10-11-23-26-22-15-18-12-19(16-22)14-21(13-18)24(26)17-31(28(23)27(20)25)30(29,4)6-2/h7-11,17-19,21-22H,5-6,12-16H2,1-4H3/q+1. The smallest absolute Gasteiger partial charge is 0.192 e. The molecule has 1 aliphatic heterocycles. The maximum Gasteiger partial charge on any atom is 0.221 e. The van der Waals surface area contributed by atoms with E-state index in [0.717, 1.165) is 23.7 Å². The first-order valence-electron chi connectivity index (χ1n) is 12.9. The van der Waals surface area contributed by atoms with E-state index in [1.54, 1.807) is 33.0 Å². The second kappa shape index (κ2) is 5.91. The van der Waals surface area contributed by atoms with E-state index in [-0.39, 0.29) is 11.0 Å². The van der Waals surface area contributed by atoms with Gasteiger partial charge < -0.3 is 0 Å². The normalized spacial score (nSPS) is 37.5. The van der Waals surface area contributed by atoms with Crippen LogP contribution in [0.15, 0.2) is 36.5 Å². The molecule has 4 atom stereocenters. The van der Waals surface area contributed by atoms with Crippen molar-refractivity contribution in [1.29, 1.82) is 0 Å². The van der Waals surface area contributed by atoms with Crippen LogP contribution >= 0.6 is 0 Å². The Morgan fingerprint density at radius 3 is 2.32 bits per heavy atom. The van der Waals surface area contributed by atoms with Crippen LogP contribution in [-0.4, -0.2) is 0 Å². The Bertz CT molecular complexity index is 1240. The van der Waals surface area contributed by atoms with Crippen molar-refractivity contribution < 1.29 is 4.57 Å². The van der Waals surface area contributed by atoms with E-state index in [4.69, 9.17) is 0 Å². The third-order valence-corrected chi connectivity index (χ3v) is 10.8. The highest BCUT2D eigenvalue weighted by molar-refractivity contribution is 6.07. The predicted octanol–water partition coefficient (Wildman–Crippen LogP) is 7.48. The molecule has 3 aromatic rings. The van der Waals surface area contributed by atoms with Gasteiger partial charge in [-0.05, 0) is 91.7 Å². The van der Waals surface area contributed by atoms with E-state index in [1.165, 1.54) is 50.3 Å². The van der Waals surface area contributed by atoms with Gasteiger partial charge in [-0.25, -0.2) is 0 Å². The summed E-state index contributed by atoms with van der Waals surface area (Å²) in [4.78, 5) is 0. The molecule has 0 radical (unpaired) electrons. The Labute approximate surface area is 186 Å². The Morgan fingerprint density at radius 1 is 0.871 bits per heavy atom. The molecule has 0 spiro atoms. The second-order valence-corrected chi connectivity index (χ2v) is 11.9. The van der Waals surface area contributed by atoms with Gasteiger partial charge in [0.05, 0.1) is 16.2 Å². The van der Waals surface area contributed by atoms with Gasteiger partial charge in [-0.1, -0.05) is 38.1 Å². The van der Waals surface area contributed by atoms with E-state index in [9.17, 15) is 0 Å². The molecule has 2 aromatic carbocycles. The van der Waals surface area contributed by atoms with E-state index in [1.807, 2.05) is 0 Å². The number of rotatable bonds is 2. The van der Waals surface area contributed by atoms with Gasteiger partial charge >= 0.3 is 0 Å². The molecule has 1 aromatic heterocycles. The van der Waals surface area contributed by atoms with E-state index >= 15 is 0 Å². The van der Waals surface area contributed by atoms with E-state index < -0.39 is 0 Å². The maximum absolute atomic E-state index is 2.80. The molecular weight excluding hydrogens is 374 g/mol. The van der Waals surface area contributed by atoms with Crippen LogP contribution in [0.5, 0.6) is 0 Å². The van der Waals surface area contributed by atoms with Crippen molar-refractivity contribution in [2.45, 2.75) is 95.4 Å². The average Bonchev–Trinajstić information content (AvgIpc) is 2.96. The quantitative estimate of drug-likeness (QED) is 0.304. The minimum Gasteiger partial charge on any atom is -0.192 e. The second-order valence-electron chi connectivity index (χ2n) is 11.9. The monoisotopic (exact) mass is 410 g/mol. The molecule has 0 amide bonds. The topological polar surface area (TPSA) is 3.88 Å². The first-order chi connectivity index (χ1) is 15.0. The molecule has 2 fully saturated rings. The Balaban J connectivity index is 1.68. The highest BCUT2D eigenvalue weighted by Gasteiger charge is 2.56. The Morgan fingerprint density at radius 2 is 1.61 bits per heavy atom. The summed E-state index contributed by atoms with van der Waals surface area (Å²) in [6.07, 6.45) is 12.3. The lowest BCUT2D eigenvalue weighted by Gasteiger charge is -2.45. The highest BCUT2D eigenvalue weighted by Crippen LogP contribution is 2.58. The Kier molecular flexibility index (Phi) is 3.56. The lowest BCUT2D eigenvalue weighted by atomic mass is 9.61.